The van der Waals surface area contributed by atoms with Gasteiger partial charge >= 0.3 is 5.97 Å². The Morgan fingerprint density at radius 1 is 0.958 bits per heavy atom. The van der Waals surface area contributed by atoms with Crippen LogP contribution in [0.1, 0.15) is 31.2 Å². The van der Waals surface area contributed by atoms with Crippen molar-refractivity contribution in [3.63, 3.8) is 0 Å². The van der Waals surface area contributed by atoms with Gasteiger partial charge in [-0.1, -0.05) is 67.4 Å². The molecular formula is C21H24O2S. The molecule has 0 aliphatic heterocycles. The van der Waals surface area contributed by atoms with E-state index in [-0.39, 0.29) is 5.92 Å². The van der Waals surface area contributed by atoms with E-state index in [4.69, 9.17) is 0 Å². The second kappa shape index (κ2) is 8.39. The van der Waals surface area contributed by atoms with E-state index in [0.717, 1.165) is 31.4 Å². The minimum atomic E-state index is -0.612. The van der Waals surface area contributed by atoms with Crippen molar-refractivity contribution in [1.29, 1.82) is 0 Å². The Morgan fingerprint density at radius 3 is 2.33 bits per heavy atom. The molecule has 1 N–H and O–H groups in total. The lowest BCUT2D eigenvalue weighted by atomic mass is 9.89. The van der Waals surface area contributed by atoms with Crippen molar-refractivity contribution >= 4 is 17.7 Å². The molecule has 2 nitrogen and oxygen atoms in total. The van der Waals surface area contributed by atoms with E-state index in [2.05, 4.69) is 48.5 Å². The smallest absolute Gasteiger partial charge is 0.307 e. The third kappa shape index (κ3) is 4.41. The zero-order valence-electron chi connectivity index (χ0n) is 13.9. The van der Waals surface area contributed by atoms with Gasteiger partial charge in [-0.2, -0.15) is 11.8 Å². The number of hydrogen-bond acceptors (Lipinski definition) is 2. The quantitative estimate of drug-likeness (QED) is 0.778. The molecule has 0 amide bonds. The maximum atomic E-state index is 11.4. The molecule has 2 atom stereocenters. The summed E-state index contributed by atoms with van der Waals surface area (Å²) in [5.41, 5.74) is 3.81. The summed E-state index contributed by atoms with van der Waals surface area (Å²) < 4.78 is 0. The summed E-state index contributed by atoms with van der Waals surface area (Å²) in [7, 11) is 0. The number of aryl methyl sites for hydroxylation is 1. The number of aliphatic carboxylic acids is 1. The Morgan fingerprint density at radius 2 is 1.62 bits per heavy atom. The zero-order valence-corrected chi connectivity index (χ0v) is 14.7. The SMILES string of the molecule is O=C(O)[C@H]1CCCC[C@@H]1SCCc1ccc(-c2ccccc2)cc1. The molecular weight excluding hydrogens is 316 g/mol. The molecule has 0 bridgehead atoms. The molecule has 3 rings (SSSR count). The van der Waals surface area contributed by atoms with Gasteiger partial charge < -0.3 is 5.11 Å². The van der Waals surface area contributed by atoms with Crippen LogP contribution in [-0.2, 0) is 11.2 Å². The summed E-state index contributed by atoms with van der Waals surface area (Å²) in [6.07, 6.45) is 5.14. The molecule has 0 radical (unpaired) electrons. The van der Waals surface area contributed by atoms with Gasteiger partial charge in [-0.05, 0) is 41.7 Å². The van der Waals surface area contributed by atoms with Crippen molar-refractivity contribution in [2.24, 2.45) is 5.92 Å². The van der Waals surface area contributed by atoms with Gasteiger partial charge in [0, 0.05) is 5.25 Å². The fraction of sp³-hybridized carbons (Fsp3) is 0.381. The molecule has 0 spiro atoms. The van der Waals surface area contributed by atoms with E-state index in [1.165, 1.54) is 23.1 Å². The zero-order chi connectivity index (χ0) is 16.8. The van der Waals surface area contributed by atoms with Crippen LogP contribution >= 0.6 is 11.8 Å². The van der Waals surface area contributed by atoms with Gasteiger partial charge in [-0.3, -0.25) is 4.79 Å². The molecule has 0 unspecified atom stereocenters. The first-order valence-electron chi connectivity index (χ1n) is 8.73. The van der Waals surface area contributed by atoms with Gasteiger partial charge in [0.2, 0.25) is 0 Å². The van der Waals surface area contributed by atoms with Crippen molar-refractivity contribution in [3.8, 4) is 11.1 Å². The van der Waals surface area contributed by atoms with E-state index in [0.29, 0.717) is 5.25 Å². The van der Waals surface area contributed by atoms with Crippen LogP contribution in [0.5, 0.6) is 0 Å². The van der Waals surface area contributed by atoms with Crippen LogP contribution in [0.25, 0.3) is 11.1 Å². The van der Waals surface area contributed by atoms with Crippen molar-refractivity contribution in [1.82, 2.24) is 0 Å². The standard InChI is InChI=1S/C21H24O2S/c22-21(23)19-8-4-5-9-20(19)24-15-14-16-10-12-18(13-11-16)17-6-2-1-3-7-17/h1-3,6-7,10-13,19-20H,4-5,8-9,14-15H2,(H,22,23)/t19-,20-/m0/s1. The van der Waals surface area contributed by atoms with Crippen LogP contribution in [0.3, 0.4) is 0 Å². The average Bonchev–Trinajstić information content (AvgIpc) is 2.63. The lowest BCUT2D eigenvalue weighted by Gasteiger charge is -2.27. The van der Waals surface area contributed by atoms with Crippen molar-refractivity contribution in [3.05, 3.63) is 60.2 Å². The van der Waals surface area contributed by atoms with Gasteiger partial charge in [0.15, 0.2) is 0 Å². The van der Waals surface area contributed by atoms with Gasteiger partial charge in [0.1, 0.15) is 0 Å². The maximum absolute atomic E-state index is 11.4. The summed E-state index contributed by atoms with van der Waals surface area (Å²) in [4.78, 5) is 11.4. The molecule has 0 aromatic heterocycles. The highest BCUT2D eigenvalue weighted by molar-refractivity contribution is 7.99. The van der Waals surface area contributed by atoms with E-state index in [1.54, 1.807) is 0 Å². The largest absolute Gasteiger partial charge is 0.481 e. The maximum Gasteiger partial charge on any atom is 0.307 e. The topological polar surface area (TPSA) is 37.3 Å². The molecule has 3 heteroatoms. The lowest BCUT2D eigenvalue weighted by Crippen LogP contribution is -2.29. The van der Waals surface area contributed by atoms with Crippen molar-refractivity contribution < 1.29 is 9.90 Å². The highest BCUT2D eigenvalue weighted by Gasteiger charge is 2.30. The fourth-order valence-electron chi connectivity index (χ4n) is 3.40. The molecule has 2 aromatic carbocycles. The fourth-order valence-corrected chi connectivity index (χ4v) is 4.88. The number of thioether (sulfide) groups is 1. The minimum absolute atomic E-state index is 0.149. The van der Waals surface area contributed by atoms with Crippen molar-refractivity contribution in [2.75, 3.05) is 5.75 Å². The first-order valence-corrected chi connectivity index (χ1v) is 9.77. The number of carbonyl (C=O) groups is 1. The van der Waals surface area contributed by atoms with Crippen LogP contribution in [0.4, 0.5) is 0 Å². The van der Waals surface area contributed by atoms with E-state index < -0.39 is 5.97 Å². The summed E-state index contributed by atoms with van der Waals surface area (Å²) in [5.74, 6) is 0.239. The molecule has 126 valence electrons. The normalized spacial score (nSPS) is 20.7. The van der Waals surface area contributed by atoms with Gasteiger partial charge in [0.05, 0.1) is 5.92 Å². The Kier molecular flexibility index (Phi) is 5.97. The van der Waals surface area contributed by atoms with E-state index in [1.807, 2.05) is 17.8 Å². The third-order valence-electron chi connectivity index (χ3n) is 4.80. The first kappa shape index (κ1) is 17.1. The van der Waals surface area contributed by atoms with Crippen LogP contribution in [0.2, 0.25) is 0 Å². The van der Waals surface area contributed by atoms with Crippen molar-refractivity contribution in [2.45, 2.75) is 37.4 Å². The first-order chi connectivity index (χ1) is 11.7. The number of benzene rings is 2. The highest BCUT2D eigenvalue weighted by Crippen LogP contribution is 2.34. The molecule has 24 heavy (non-hydrogen) atoms. The summed E-state index contributed by atoms with van der Waals surface area (Å²) >= 11 is 1.85. The summed E-state index contributed by atoms with van der Waals surface area (Å²) in [6, 6.07) is 19.1. The van der Waals surface area contributed by atoms with Crippen LogP contribution in [0, 0.1) is 5.92 Å². The molecule has 0 heterocycles. The number of carboxylic acid groups (broad SMARTS) is 1. The van der Waals surface area contributed by atoms with Gasteiger partial charge in [-0.15, -0.1) is 0 Å². The number of hydrogen-bond donors (Lipinski definition) is 1. The lowest BCUT2D eigenvalue weighted by molar-refractivity contribution is -0.142. The van der Waals surface area contributed by atoms with Gasteiger partial charge in [-0.25, -0.2) is 0 Å². The minimum Gasteiger partial charge on any atom is -0.481 e. The molecule has 0 saturated heterocycles. The predicted octanol–water partition coefficient (Wildman–Crippen LogP) is 5.27. The Hall–Kier alpha value is -1.74. The number of carboxylic acids is 1. The van der Waals surface area contributed by atoms with Crippen LogP contribution in [0.15, 0.2) is 54.6 Å². The van der Waals surface area contributed by atoms with Gasteiger partial charge in [0.25, 0.3) is 0 Å². The Bertz CT molecular complexity index is 651. The van der Waals surface area contributed by atoms with Crippen LogP contribution in [-0.4, -0.2) is 22.1 Å². The summed E-state index contributed by atoms with van der Waals surface area (Å²) in [6.45, 7) is 0. The number of rotatable bonds is 6. The van der Waals surface area contributed by atoms with E-state index in [9.17, 15) is 9.90 Å². The molecule has 1 saturated carbocycles. The second-order valence-electron chi connectivity index (χ2n) is 6.45. The van der Waals surface area contributed by atoms with Crippen LogP contribution < -0.4 is 0 Å². The van der Waals surface area contributed by atoms with E-state index >= 15 is 0 Å². The average molecular weight is 340 g/mol. The highest BCUT2D eigenvalue weighted by atomic mass is 32.2. The monoisotopic (exact) mass is 340 g/mol. The molecule has 1 fully saturated rings. The predicted molar refractivity (Wildman–Crippen MR) is 101 cm³/mol. The molecule has 1 aliphatic carbocycles. The Balaban J connectivity index is 1.52. The Labute approximate surface area is 148 Å². The third-order valence-corrected chi connectivity index (χ3v) is 6.24. The molecule has 1 aliphatic rings. The molecule has 2 aromatic rings. The summed E-state index contributed by atoms with van der Waals surface area (Å²) in [5, 5.41) is 9.64. The second-order valence-corrected chi connectivity index (χ2v) is 7.80.